The fourth-order valence-corrected chi connectivity index (χ4v) is 3.31. The van der Waals surface area contributed by atoms with Gasteiger partial charge in [-0.15, -0.1) is 0 Å². The molecule has 0 amide bonds. The number of hydrogen-bond acceptors (Lipinski definition) is 5. The average Bonchev–Trinajstić information content (AvgIpc) is 2.61. The molecule has 0 aliphatic carbocycles. The molecule has 1 aliphatic rings. The maximum Gasteiger partial charge on any atom is 0.343 e. The van der Waals surface area contributed by atoms with E-state index >= 15 is 0 Å². The van der Waals surface area contributed by atoms with Gasteiger partial charge in [-0.05, 0) is 43.7 Å². The summed E-state index contributed by atoms with van der Waals surface area (Å²) in [7, 11) is 0. The third-order valence-corrected chi connectivity index (χ3v) is 4.39. The van der Waals surface area contributed by atoms with Crippen molar-refractivity contribution in [2.45, 2.75) is 32.3 Å². The number of carbonyl (C=O) groups excluding carboxylic acids is 1. The van der Waals surface area contributed by atoms with Crippen LogP contribution in [0.25, 0.3) is 11.0 Å². The van der Waals surface area contributed by atoms with Gasteiger partial charge >= 0.3 is 11.6 Å². The van der Waals surface area contributed by atoms with Gasteiger partial charge in [-0.25, -0.2) is 4.79 Å². The van der Waals surface area contributed by atoms with Gasteiger partial charge in [0, 0.05) is 5.92 Å². The van der Waals surface area contributed by atoms with Crippen molar-refractivity contribution in [3.8, 4) is 11.5 Å². The van der Waals surface area contributed by atoms with Crippen LogP contribution in [0.3, 0.4) is 0 Å². The second kappa shape index (κ2) is 6.33. The van der Waals surface area contributed by atoms with E-state index in [9.17, 15) is 9.59 Å². The Morgan fingerprint density at radius 3 is 2.50 bits per heavy atom. The molecule has 0 fully saturated rings. The lowest BCUT2D eigenvalue weighted by molar-refractivity contribution is -0.135. The van der Waals surface area contributed by atoms with E-state index < -0.39 is 11.5 Å². The topological polar surface area (TPSA) is 65.7 Å². The minimum absolute atomic E-state index is 0.0737. The van der Waals surface area contributed by atoms with E-state index in [2.05, 4.69) is 0 Å². The molecule has 0 bridgehead atoms. The maximum absolute atomic E-state index is 12.6. The number of ether oxygens (including phenoxy) is 2. The van der Waals surface area contributed by atoms with Crippen LogP contribution in [0.15, 0.2) is 57.7 Å². The molecule has 1 atom stereocenters. The van der Waals surface area contributed by atoms with Gasteiger partial charge in [0.1, 0.15) is 11.3 Å². The largest absolute Gasteiger partial charge is 0.491 e. The maximum atomic E-state index is 12.6. The summed E-state index contributed by atoms with van der Waals surface area (Å²) in [5.41, 5.74) is 1.17. The highest BCUT2D eigenvalue weighted by molar-refractivity contribution is 5.90. The lowest BCUT2D eigenvalue weighted by Crippen LogP contribution is -2.26. The summed E-state index contributed by atoms with van der Waals surface area (Å²) in [5, 5.41) is 0.625. The SMILES string of the molecule is CC(C)Oc1ccc([C@@H]2CC(=O)Oc3c2c(=O)oc2ccccc32)cc1. The van der Waals surface area contributed by atoms with Crippen LogP contribution in [0.1, 0.15) is 37.3 Å². The zero-order valence-corrected chi connectivity index (χ0v) is 14.5. The third-order valence-electron chi connectivity index (χ3n) is 4.39. The van der Waals surface area contributed by atoms with Crippen LogP contribution in [0.2, 0.25) is 0 Å². The summed E-state index contributed by atoms with van der Waals surface area (Å²) in [4.78, 5) is 24.8. The van der Waals surface area contributed by atoms with Crippen LogP contribution in [-0.2, 0) is 4.79 Å². The van der Waals surface area contributed by atoms with Gasteiger partial charge < -0.3 is 13.9 Å². The molecule has 1 aromatic heterocycles. The predicted molar refractivity (Wildman–Crippen MR) is 96.8 cm³/mol. The Morgan fingerprint density at radius 1 is 1.04 bits per heavy atom. The summed E-state index contributed by atoms with van der Waals surface area (Å²) in [5.74, 6) is 0.287. The van der Waals surface area contributed by atoms with Crippen LogP contribution in [0.5, 0.6) is 11.5 Å². The second-order valence-electron chi connectivity index (χ2n) is 6.59. The first-order valence-corrected chi connectivity index (χ1v) is 8.56. The van der Waals surface area contributed by atoms with E-state index in [1.807, 2.05) is 44.2 Å². The quantitative estimate of drug-likeness (QED) is 0.527. The molecule has 0 saturated carbocycles. The molecule has 26 heavy (non-hydrogen) atoms. The minimum atomic E-state index is -0.473. The van der Waals surface area contributed by atoms with Crippen LogP contribution in [0.4, 0.5) is 0 Å². The molecule has 2 heterocycles. The molecular formula is C21H18O5. The lowest BCUT2D eigenvalue weighted by Gasteiger charge is -2.24. The number of benzene rings is 2. The third kappa shape index (κ3) is 2.86. The van der Waals surface area contributed by atoms with E-state index in [4.69, 9.17) is 13.9 Å². The van der Waals surface area contributed by atoms with Crippen molar-refractivity contribution >= 4 is 16.9 Å². The molecule has 5 nitrogen and oxygen atoms in total. The molecule has 2 aromatic carbocycles. The molecule has 0 unspecified atom stereocenters. The van der Waals surface area contributed by atoms with Gasteiger partial charge in [0.2, 0.25) is 0 Å². The summed E-state index contributed by atoms with van der Waals surface area (Å²) in [6.07, 6.45) is 0.171. The molecule has 3 aromatic rings. The highest BCUT2D eigenvalue weighted by Gasteiger charge is 2.33. The number of rotatable bonds is 3. The standard InChI is InChI=1S/C21H18O5/c1-12(2)24-14-9-7-13(8-10-14)16-11-18(22)26-20-15-5-3-4-6-17(15)25-21(23)19(16)20/h3-10,12,16H,11H2,1-2H3/t16-/m0/s1. The van der Waals surface area contributed by atoms with E-state index in [0.29, 0.717) is 22.3 Å². The summed E-state index contributed by atoms with van der Waals surface area (Å²) < 4.78 is 16.5. The zero-order chi connectivity index (χ0) is 18.3. The highest BCUT2D eigenvalue weighted by Crippen LogP contribution is 2.40. The fourth-order valence-electron chi connectivity index (χ4n) is 3.31. The first-order chi connectivity index (χ1) is 12.5. The van der Waals surface area contributed by atoms with Crippen molar-refractivity contribution in [3.05, 3.63) is 70.1 Å². The van der Waals surface area contributed by atoms with Crippen LogP contribution < -0.4 is 15.1 Å². The van der Waals surface area contributed by atoms with Crippen LogP contribution >= 0.6 is 0 Å². The number of esters is 1. The van der Waals surface area contributed by atoms with Crippen molar-refractivity contribution in [3.63, 3.8) is 0 Å². The number of fused-ring (bicyclic) bond motifs is 3. The van der Waals surface area contributed by atoms with Crippen LogP contribution in [-0.4, -0.2) is 12.1 Å². The highest BCUT2D eigenvalue weighted by atomic mass is 16.5. The number of hydrogen-bond donors (Lipinski definition) is 0. The van der Waals surface area contributed by atoms with Crippen molar-refractivity contribution in [1.29, 1.82) is 0 Å². The molecule has 0 radical (unpaired) electrons. The minimum Gasteiger partial charge on any atom is -0.491 e. The molecule has 4 rings (SSSR count). The van der Waals surface area contributed by atoms with Crippen molar-refractivity contribution < 1.29 is 18.7 Å². The summed E-state index contributed by atoms with van der Waals surface area (Å²) in [6, 6.07) is 14.5. The monoisotopic (exact) mass is 350 g/mol. The van der Waals surface area contributed by atoms with Gasteiger partial charge in [0.05, 0.1) is 23.5 Å². The Kier molecular flexibility index (Phi) is 3.99. The van der Waals surface area contributed by atoms with Crippen molar-refractivity contribution in [2.24, 2.45) is 0 Å². The Morgan fingerprint density at radius 2 is 1.77 bits per heavy atom. The molecule has 0 N–H and O–H groups in total. The summed E-state index contributed by atoms with van der Waals surface area (Å²) in [6.45, 7) is 3.91. The van der Waals surface area contributed by atoms with E-state index in [1.165, 1.54) is 0 Å². The Labute approximate surface area is 150 Å². The fraction of sp³-hybridized carbons (Fsp3) is 0.238. The average molecular weight is 350 g/mol. The Hall–Kier alpha value is -3.08. The predicted octanol–water partition coefficient (Wildman–Crippen LogP) is 4.02. The lowest BCUT2D eigenvalue weighted by atomic mass is 9.86. The molecule has 5 heteroatoms. The van der Waals surface area contributed by atoms with Crippen molar-refractivity contribution in [1.82, 2.24) is 0 Å². The molecule has 132 valence electrons. The zero-order valence-electron chi connectivity index (χ0n) is 14.5. The number of para-hydroxylation sites is 1. The smallest absolute Gasteiger partial charge is 0.343 e. The van der Waals surface area contributed by atoms with Crippen molar-refractivity contribution in [2.75, 3.05) is 0 Å². The van der Waals surface area contributed by atoms with E-state index in [0.717, 1.165) is 11.3 Å². The van der Waals surface area contributed by atoms with Gasteiger partial charge in [-0.2, -0.15) is 0 Å². The Balaban J connectivity index is 1.84. The molecule has 1 aliphatic heterocycles. The molecular weight excluding hydrogens is 332 g/mol. The normalized spacial score (nSPS) is 16.4. The van der Waals surface area contributed by atoms with Gasteiger partial charge in [0.25, 0.3) is 0 Å². The van der Waals surface area contributed by atoms with E-state index in [1.54, 1.807) is 18.2 Å². The van der Waals surface area contributed by atoms with Gasteiger partial charge in [-0.1, -0.05) is 24.3 Å². The Bertz CT molecular complexity index is 1030. The molecule has 0 spiro atoms. The first-order valence-electron chi connectivity index (χ1n) is 8.56. The first kappa shape index (κ1) is 16.4. The second-order valence-corrected chi connectivity index (χ2v) is 6.59. The van der Waals surface area contributed by atoms with Crippen LogP contribution in [0, 0.1) is 0 Å². The van der Waals surface area contributed by atoms with Gasteiger partial charge in [-0.3, -0.25) is 4.79 Å². The van der Waals surface area contributed by atoms with Gasteiger partial charge in [0.15, 0.2) is 5.75 Å². The van der Waals surface area contributed by atoms with E-state index in [-0.39, 0.29) is 18.5 Å². The molecule has 0 saturated heterocycles. The summed E-state index contributed by atoms with van der Waals surface area (Å²) >= 11 is 0. The number of carbonyl (C=O) groups is 1.